The lowest BCUT2D eigenvalue weighted by atomic mass is 10.2. The second kappa shape index (κ2) is 7.41. The van der Waals surface area contributed by atoms with Gasteiger partial charge in [-0.25, -0.2) is 18.1 Å². The molecule has 1 N–H and O–H groups in total. The van der Waals surface area contributed by atoms with Crippen LogP contribution in [-0.4, -0.2) is 65.7 Å². The van der Waals surface area contributed by atoms with Crippen molar-refractivity contribution in [3.05, 3.63) is 57.9 Å². The van der Waals surface area contributed by atoms with Crippen LogP contribution >= 0.6 is 0 Å². The highest BCUT2D eigenvalue weighted by atomic mass is 32.2. The molecule has 0 aliphatic carbocycles. The highest BCUT2D eigenvalue weighted by Crippen LogP contribution is 2.27. The first-order valence-corrected chi connectivity index (χ1v) is 11.9. The molecule has 10 nitrogen and oxygen atoms in total. The molecule has 2 aromatic carbocycles. The summed E-state index contributed by atoms with van der Waals surface area (Å²) in [6.45, 7) is 5.05. The van der Waals surface area contributed by atoms with E-state index in [1.165, 1.54) is 10.6 Å². The lowest BCUT2D eigenvalue weighted by molar-refractivity contribution is -0.129. The van der Waals surface area contributed by atoms with Crippen LogP contribution in [0.25, 0.3) is 16.6 Å². The molecule has 1 aliphatic rings. The number of hydrogen-bond donors (Lipinski definition) is 1. The molecular formula is C22H22N6O4S. The van der Waals surface area contributed by atoms with Gasteiger partial charge in [-0.3, -0.25) is 9.59 Å². The number of likely N-dealkylation sites (N-methyl/N-ethyl adjacent to an activating group) is 1. The van der Waals surface area contributed by atoms with Crippen molar-refractivity contribution in [3.63, 3.8) is 0 Å². The van der Waals surface area contributed by atoms with Gasteiger partial charge in [-0.2, -0.15) is 4.98 Å². The number of H-pyrrole nitrogens is 1. The molecule has 11 heteroatoms. The van der Waals surface area contributed by atoms with Crippen molar-refractivity contribution in [1.82, 2.24) is 24.7 Å². The summed E-state index contributed by atoms with van der Waals surface area (Å²) in [6.07, 6.45) is 0. The van der Waals surface area contributed by atoms with E-state index in [0.29, 0.717) is 29.6 Å². The standard InChI is InChI=1S/C22H22N6O4S/c1-13-4-7-18(14(2)10-13)33(31,32)22-20-23-21(30)16-6-5-15(11-17(16)28(20)25-24-22)27-9-8-26(3)19(29)12-27/h4-7,10-11,25H,8-9,12H2,1-3H3. The van der Waals surface area contributed by atoms with E-state index in [9.17, 15) is 18.0 Å². The zero-order valence-corrected chi connectivity index (χ0v) is 19.2. The minimum absolute atomic E-state index is 0.00165. The fourth-order valence-electron chi connectivity index (χ4n) is 4.16. The van der Waals surface area contributed by atoms with Crippen LogP contribution in [0, 0.1) is 13.8 Å². The number of sulfone groups is 1. The summed E-state index contributed by atoms with van der Waals surface area (Å²) in [6, 6.07) is 10.2. The average Bonchev–Trinajstić information content (AvgIpc) is 3.20. The molecule has 0 atom stereocenters. The van der Waals surface area contributed by atoms with Gasteiger partial charge >= 0.3 is 0 Å². The molecule has 2 aromatic heterocycles. The first-order chi connectivity index (χ1) is 15.7. The van der Waals surface area contributed by atoms with Crippen molar-refractivity contribution in [2.45, 2.75) is 23.8 Å². The molecule has 0 bridgehead atoms. The molecule has 0 radical (unpaired) electrons. The van der Waals surface area contributed by atoms with Crippen molar-refractivity contribution in [1.29, 1.82) is 0 Å². The Morgan fingerprint density at radius 3 is 2.55 bits per heavy atom. The number of aromatic amines is 1. The molecule has 0 saturated carbocycles. The Labute approximate surface area is 189 Å². The van der Waals surface area contributed by atoms with E-state index in [4.69, 9.17) is 0 Å². The topological polar surface area (TPSA) is 121 Å². The van der Waals surface area contributed by atoms with E-state index < -0.39 is 15.4 Å². The number of amides is 1. The van der Waals surface area contributed by atoms with E-state index in [0.717, 1.165) is 11.3 Å². The van der Waals surface area contributed by atoms with Gasteiger partial charge in [-0.05, 0) is 43.7 Å². The quantitative estimate of drug-likeness (QED) is 0.483. The number of carbonyl (C=O) groups is 1. The molecule has 0 unspecified atom stereocenters. The number of anilines is 1. The Balaban J connectivity index is 1.68. The van der Waals surface area contributed by atoms with E-state index in [1.807, 2.05) is 11.8 Å². The monoisotopic (exact) mass is 466 g/mol. The van der Waals surface area contributed by atoms with Crippen LogP contribution < -0.4 is 10.5 Å². The Bertz CT molecular complexity index is 1600. The summed E-state index contributed by atoms with van der Waals surface area (Å²) in [5, 5.41) is 6.74. The van der Waals surface area contributed by atoms with E-state index >= 15 is 0 Å². The van der Waals surface area contributed by atoms with Crippen molar-refractivity contribution in [2.75, 3.05) is 31.6 Å². The van der Waals surface area contributed by atoms with Gasteiger partial charge in [-0.1, -0.05) is 17.7 Å². The third-order valence-electron chi connectivity index (χ3n) is 6.01. The van der Waals surface area contributed by atoms with Gasteiger partial charge in [0.2, 0.25) is 20.8 Å². The normalized spacial score (nSPS) is 15.1. The third-order valence-corrected chi connectivity index (χ3v) is 7.83. The fourth-order valence-corrected chi connectivity index (χ4v) is 5.63. The predicted octanol–water partition coefficient (Wildman–Crippen LogP) is 1.30. The molecule has 4 aromatic rings. The summed E-state index contributed by atoms with van der Waals surface area (Å²) in [5.41, 5.74) is 2.08. The highest BCUT2D eigenvalue weighted by Gasteiger charge is 2.28. The Morgan fingerprint density at radius 2 is 1.82 bits per heavy atom. The van der Waals surface area contributed by atoms with Gasteiger partial charge in [0.15, 0.2) is 5.65 Å². The zero-order valence-electron chi connectivity index (χ0n) is 18.4. The molecule has 170 valence electrons. The van der Waals surface area contributed by atoms with Crippen LogP contribution in [-0.2, 0) is 14.6 Å². The number of carbonyl (C=O) groups excluding carboxylic acids is 1. The van der Waals surface area contributed by atoms with Crippen LogP contribution in [0.3, 0.4) is 0 Å². The molecule has 3 heterocycles. The summed E-state index contributed by atoms with van der Waals surface area (Å²) in [7, 11) is -2.26. The lowest BCUT2D eigenvalue weighted by Gasteiger charge is -2.33. The van der Waals surface area contributed by atoms with Crippen LogP contribution in [0.4, 0.5) is 5.69 Å². The Kier molecular flexibility index (Phi) is 4.74. The Hall–Kier alpha value is -3.73. The van der Waals surface area contributed by atoms with Gasteiger partial charge in [0.25, 0.3) is 5.56 Å². The molecule has 33 heavy (non-hydrogen) atoms. The van der Waals surface area contributed by atoms with Gasteiger partial charge < -0.3 is 9.80 Å². The second-order valence-electron chi connectivity index (χ2n) is 8.30. The Morgan fingerprint density at radius 1 is 1.03 bits per heavy atom. The maximum atomic E-state index is 13.4. The van der Waals surface area contributed by atoms with Crippen molar-refractivity contribution in [2.24, 2.45) is 0 Å². The average molecular weight is 467 g/mol. The second-order valence-corrected chi connectivity index (χ2v) is 10.1. The molecule has 1 saturated heterocycles. The first kappa shape index (κ1) is 21.1. The number of benzene rings is 2. The molecule has 5 rings (SSSR count). The molecular weight excluding hydrogens is 444 g/mol. The zero-order chi connectivity index (χ0) is 23.5. The summed E-state index contributed by atoms with van der Waals surface area (Å²) >= 11 is 0. The van der Waals surface area contributed by atoms with Crippen molar-refractivity contribution >= 4 is 38.0 Å². The first-order valence-electron chi connectivity index (χ1n) is 10.4. The smallest absolute Gasteiger partial charge is 0.281 e. The summed E-state index contributed by atoms with van der Waals surface area (Å²) in [4.78, 5) is 32.6. The lowest BCUT2D eigenvalue weighted by Crippen LogP contribution is -2.48. The van der Waals surface area contributed by atoms with E-state index in [1.54, 1.807) is 49.2 Å². The van der Waals surface area contributed by atoms with E-state index in [2.05, 4.69) is 15.3 Å². The number of fused-ring (bicyclic) bond motifs is 3. The van der Waals surface area contributed by atoms with Crippen molar-refractivity contribution < 1.29 is 13.2 Å². The van der Waals surface area contributed by atoms with Gasteiger partial charge in [-0.15, -0.1) is 5.10 Å². The maximum absolute atomic E-state index is 13.4. The number of nitrogens with zero attached hydrogens (tertiary/aromatic N) is 5. The molecule has 1 amide bonds. The number of rotatable bonds is 3. The SMILES string of the molecule is Cc1ccc(S(=O)(=O)c2n[nH]n3c2nc(=O)c2ccc(N4CCN(C)C(=O)C4)cc23)c(C)c1. The van der Waals surface area contributed by atoms with Crippen molar-refractivity contribution in [3.8, 4) is 0 Å². The minimum atomic E-state index is -4.02. The van der Waals surface area contributed by atoms with Crippen LogP contribution in [0.5, 0.6) is 0 Å². The number of piperazine rings is 1. The number of nitrogens with one attached hydrogen (secondary N) is 1. The maximum Gasteiger partial charge on any atom is 0.281 e. The number of aromatic nitrogens is 4. The van der Waals surface area contributed by atoms with E-state index in [-0.39, 0.29) is 28.0 Å². The predicted molar refractivity (Wildman–Crippen MR) is 122 cm³/mol. The molecule has 0 spiro atoms. The highest BCUT2D eigenvalue weighted by molar-refractivity contribution is 7.91. The van der Waals surface area contributed by atoms with Crippen LogP contribution in [0.1, 0.15) is 11.1 Å². The van der Waals surface area contributed by atoms with Crippen LogP contribution in [0.2, 0.25) is 0 Å². The largest absolute Gasteiger partial charge is 0.360 e. The van der Waals surface area contributed by atoms with Crippen LogP contribution in [0.15, 0.2) is 51.1 Å². The molecule has 1 aliphatic heterocycles. The summed E-state index contributed by atoms with van der Waals surface area (Å²) in [5.74, 6) is 0.00165. The van der Waals surface area contributed by atoms with Gasteiger partial charge in [0.05, 0.1) is 22.3 Å². The summed E-state index contributed by atoms with van der Waals surface area (Å²) < 4.78 is 28.2. The van der Waals surface area contributed by atoms with Gasteiger partial charge in [0.1, 0.15) is 0 Å². The molecule has 1 fully saturated rings. The third kappa shape index (κ3) is 3.35. The number of aryl methyl sites for hydroxylation is 2. The fraction of sp³-hybridized carbons (Fsp3) is 0.273. The van der Waals surface area contributed by atoms with Gasteiger partial charge in [0, 0.05) is 25.8 Å². The minimum Gasteiger partial charge on any atom is -0.360 e. The number of hydrogen-bond acceptors (Lipinski definition) is 7.